The Morgan fingerprint density at radius 1 is 1.11 bits per heavy atom. The Balaban J connectivity index is 2.14. The van der Waals surface area contributed by atoms with E-state index in [0.29, 0.717) is 0 Å². The molecule has 0 aliphatic carbocycles. The van der Waals surface area contributed by atoms with Gasteiger partial charge in [0.2, 0.25) is 0 Å². The molecular weight excluding hydrogens is 234 g/mol. The summed E-state index contributed by atoms with van der Waals surface area (Å²) in [5.74, 6) is 0. The molecule has 1 aliphatic heterocycles. The molecule has 0 atom stereocenters. The molecule has 1 aliphatic rings. The van der Waals surface area contributed by atoms with Gasteiger partial charge in [-0.3, -0.25) is 5.10 Å². The molecule has 1 aromatic carbocycles. The van der Waals surface area contributed by atoms with E-state index in [1.165, 1.54) is 22.3 Å². The van der Waals surface area contributed by atoms with Gasteiger partial charge in [-0.1, -0.05) is 35.9 Å². The number of piperidine rings is 1. The minimum atomic E-state index is 1.07. The van der Waals surface area contributed by atoms with Crippen LogP contribution in [0.4, 0.5) is 0 Å². The average molecular weight is 253 g/mol. The van der Waals surface area contributed by atoms with Gasteiger partial charge in [0.1, 0.15) is 0 Å². The third kappa shape index (κ3) is 2.47. The number of aryl methyl sites for hydroxylation is 1. The number of rotatable bonds is 2. The zero-order valence-corrected chi connectivity index (χ0v) is 11.2. The van der Waals surface area contributed by atoms with Gasteiger partial charge in [-0.05, 0) is 44.0 Å². The number of hydrogen-bond acceptors (Lipinski definition) is 2. The van der Waals surface area contributed by atoms with E-state index in [-0.39, 0.29) is 0 Å². The van der Waals surface area contributed by atoms with E-state index >= 15 is 0 Å². The van der Waals surface area contributed by atoms with Crippen LogP contribution in [0.15, 0.2) is 42.1 Å². The van der Waals surface area contributed by atoms with Crippen LogP contribution < -0.4 is 5.32 Å². The zero-order chi connectivity index (χ0) is 13.1. The standard InChI is InChI=1S/C16H19N3/c1-12-15(11-18-19-12)16(13-5-3-2-4-6-13)14-7-9-17-10-8-14/h2-6,11,17H,7-10H2,1H3,(H,18,19). The predicted molar refractivity (Wildman–Crippen MR) is 77.9 cm³/mol. The molecule has 98 valence electrons. The molecule has 2 N–H and O–H groups in total. The molecular formula is C16H19N3. The maximum atomic E-state index is 4.19. The summed E-state index contributed by atoms with van der Waals surface area (Å²) in [5.41, 5.74) is 6.58. The van der Waals surface area contributed by atoms with E-state index in [2.05, 4.69) is 52.8 Å². The molecule has 3 rings (SSSR count). The Morgan fingerprint density at radius 2 is 1.84 bits per heavy atom. The molecule has 0 radical (unpaired) electrons. The molecule has 0 bridgehead atoms. The Bertz CT molecular complexity index is 573. The van der Waals surface area contributed by atoms with Gasteiger partial charge >= 0.3 is 0 Å². The number of nitrogens with one attached hydrogen (secondary N) is 2. The van der Waals surface area contributed by atoms with E-state index < -0.39 is 0 Å². The fraction of sp³-hybridized carbons (Fsp3) is 0.312. The second kappa shape index (κ2) is 5.41. The van der Waals surface area contributed by atoms with Crippen LogP contribution in [-0.2, 0) is 0 Å². The van der Waals surface area contributed by atoms with Crippen LogP contribution in [0.5, 0.6) is 0 Å². The Hall–Kier alpha value is -1.87. The van der Waals surface area contributed by atoms with Crippen molar-refractivity contribution < 1.29 is 0 Å². The van der Waals surface area contributed by atoms with Crippen molar-refractivity contribution >= 4 is 5.57 Å². The summed E-state index contributed by atoms with van der Waals surface area (Å²) >= 11 is 0. The molecule has 1 fully saturated rings. The summed E-state index contributed by atoms with van der Waals surface area (Å²) in [4.78, 5) is 0. The summed E-state index contributed by atoms with van der Waals surface area (Å²) in [5, 5.41) is 10.7. The number of aromatic nitrogens is 2. The fourth-order valence-corrected chi connectivity index (χ4v) is 2.74. The second-order valence-corrected chi connectivity index (χ2v) is 5.00. The average Bonchev–Trinajstić information content (AvgIpc) is 2.88. The van der Waals surface area contributed by atoms with Gasteiger partial charge in [-0.25, -0.2) is 0 Å². The SMILES string of the molecule is Cc1[nH]ncc1C(=C1CCNCC1)c1ccccc1. The molecule has 0 unspecified atom stereocenters. The number of hydrogen-bond donors (Lipinski definition) is 2. The minimum absolute atomic E-state index is 1.07. The molecule has 2 heterocycles. The second-order valence-electron chi connectivity index (χ2n) is 5.00. The Kier molecular flexibility index (Phi) is 3.47. The number of benzene rings is 1. The van der Waals surface area contributed by atoms with Crippen molar-refractivity contribution in [3.05, 3.63) is 58.9 Å². The quantitative estimate of drug-likeness (QED) is 0.864. The van der Waals surface area contributed by atoms with Gasteiger partial charge in [-0.15, -0.1) is 0 Å². The van der Waals surface area contributed by atoms with E-state index in [0.717, 1.165) is 31.6 Å². The van der Waals surface area contributed by atoms with Crippen molar-refractivity contribution in [2.24, 2.45) is 0 Å². The monoisotopic (exact) mass is 253 g/mol. The van der Waals surface area contributed by atoms with Crippen LogP contribution in [0.25, 0.3) is 5.57 Å². The van der Waals surface area contributed by atoms with E-state index in [9.17, 15) is 0 Å². The maximum absolute atomic E-state index is 4.19. The lowest BCUT2D eigenvalue weighted by Crippen LogP contribution is -2.23. The largest absolute Gasteiger partial charge is 0.316 e. The summed E-state index contributed by atoms with van der Waals surface area (Å²) in [6, 6.07) is 10.7. The molecule has 0 amide bonds. The molecule has 0 spiro atoms. The lowest BCUT2D eigenvalue weighted by Gasteiger charge is -2.20. The zero-order valence-electron chi connectivity index (χ0n) is 11.2. The lowest BCUT2D eigenvalue weighted by atomic mass is 9.89. The van der Waals surface area contributed by atoms with Gasteiger partial charge in [0.15, 0.2) is 0 Å². The van der Waals surface area contributed by atoms with Gasteiger partial charge in [0.25, 0.3) is 0 Å². The van der Waals surface area contributed by atoms with Crippen LogP contribution in [0, 0.1) is 6.92 Å². The topological polar surface area (TPSA) is 40.7 Å². The van der Waals surface area contributed by atoms with Crippen LogP contribution in [0.3, 0.4) is 0 Å². The van der Waals surface area contributed by atoms with Gasteiger partial charge in [-0.2, -0.15) is 5.10 Å². The minimum Gasteiger partial charge on any atom is -0.316 e. The van der Waals surface area contributed by atoms with Crippen molar-refractivity contribution in [2.75, 3.05) is 13.1 Å². The number of nitrogens with zero attached hydrogens (tertiary/aromatic N) is 1. The molecule has 0 saturated carbocycles. The first-order valence-corrected chi connectivity index (χ1v) is 6.85. The van der Waals surface area contributed by atoms with Crippen LogP contribution in [-0.4, -0.2) is 23.3 Å². The predicted octanol–water partition coefficient (Wildman–Crippen LogP) is 2.90. The van der Waals surface area contributed by atoms with Gasteiger partial charge < -0.3 is 5.32 Å². The van der Waals surface area contributed by atoms with Crippen LogP contribution >= 0.6 is 0 Å². The molecule has 19 heavy (non-hydrogen) atoms. The Labute approximate surface area is 113 Å². The van der Waals surface area contributed by atoms with Crippen molar-refractivity contribution in [2.45, 2.75) is 19.8 Å². The van der Waals surface area contributed by atoms with Crippen LogP contribution in [0.1, 0.15) is 29.7 Å². The van der Waals surface area contributed by atoms with Gasteiger partial charge in [0, 0.05) is 11.3 Å². The van der Waals surface area contributed by atoms with Crippen molar-refractivity contribution in [1.82, 2.24) is 15.5 Å². The first-order valence-electron chi connectivity index (χ1n) is 6.85. The number of H-pyrrole nitrogens is 1. The fourth-order valence-electron chi connectivity index (χ4n) is 2.74. The van der Waals surface area contributed by atoms with E-state index in [4.69, 9.17) is 0 Å². The van der Waals surface area contributed by atoms with Crippen LogP contribution in [0.2, 0.25) is 0 Å². The molecule has 1 aromatic heterocycles. The maximum Gasteiger partial charge on any atom is 0.0568 e. The highest BCUT2D eigenvalue weighted by atomic mass is 15.1. The van der Waals surface area contributed by atoms with Crippen molar-refractivity contribution in [1.29, 1.82) is 0 Å². The molecule has 1 saturated heterocycles. The van der Waals surface area contributed by atoms with E-state index in [1.807, 2.05) is 6.20 Å². The highest BCUT2D eigenvalue weighted by Gasteiger charge is 2.16. The summed E-state index contributed by atoms with van der Waals surface area (Å²) in [7, 11) is 0. The third-order valence-electron chi connectivity index (χ3n) is 3.72. The lowest BCUT2D eigenvalue weighted by molar-refractivity contribution is 0.611. The summed E-state index contributed by atoms with van der Waals surface area (Å²) in [6.45, 7) is 4.23. The normalized spacial score (nSPS) is 15.5. The highest BCUT2D eigenvalue weighted by Crippen LogP contribution is 2.31. The first-order chi connectivity index (χ1) is 9.36. The van der Waals surface area contributed by atoms with Crippen molar-refractivity contribution in [3.63, 3.8) is 0 Å². The molecule has 3 heteroatoms. The number of aromatic amines is 1. The molecule has 2 aromatic rings. The van der Waals surface area contributed by atoms with Gasteiger partial charge in [0.05, 0.1) is 6.20 Å². The molecule has 3 nitrogen and oxygen atoms in total. The first kappa shape index (κ1) is 12.2. The summed E-state index contributed by atoms with van der Waals surface area (Å²) < 4.78 is 0. The smallest absolute Gasteiger partial charge is 0.0568 e. The Morgan fingerprint density at radius 3 is 2.47 bits per heavy atom. The van der Waals surface area contributed by atoms with Crippen molar-refractivity contribution in [3.8, 4) is 0 Å². The summed E-state index contributed by atoms with van der Waals surface area (Å²) in [6.07, 6.45) is 4.19. The third-order valence-corrected chi connectivity index (χ3v) is 3.72. The highest BCUT2D eigenvalue weighted by molar-refractivity contribution is 5.83. The van der Waals surface area contributed by atoms with E-state index in [1.54, 1.807) is 0 Å².